The molecule has 0 heterocycles. The van der Waals surface area contributed by atoms with Gasteiger partial charge in [-0.05, 0) is 17.5 Å². The molecule has 0 aliphatic heterocycles. The molecular formula is C16H26O3. The molecule has 3 heteroatoms. The van der Waals surface area contributed by atoms with Gasteiger partial charge in [0.05, 0.1) is 20.8 Å². The van der Waals surface area contributed by atoms with Crippen molar-refractivity contribution in [1.29, 1.82) is 0 Å². The highest BCUT2D eigenvalue weighted by atomic mass is 16.5. The Kier molecular flexibility index (Phi) is 4.51. The summed E-state index contributed by atoms with van der Waals surface area (Å²) in [7, 11) is 3.33. The van der Waals surface area contributed by atoms with Gasteiger partial charge < -0.3 is 14.6 Å². The minimum atomic E-state index is -0.366. The summed E-state index contributed by atoms with van der Waals surface area (Å²) in [6, 6.07) is 4.00. The van der Waals surface area contributed by atoms with E-state index in [-0.39, 0.29) is 17.4 Å². The Balaban J connectivity index is 3.53. The number of aliphatic hydroxyl groups excluding tert-OH is 1. The number of ether oxygens (including phenoxy) is 2. The molecule has 0 amide bonds. The molecule has 0 saturated carbocycles. The van der Waals surface area contributed by atoms with Crippen molar-refractivity contribution in [2.75, 3.05) is 20.8 Å². The van der Waals surface area contributed by atoms with Crippen LogP contribution in [-0.2, 0) is 10.8 Å². The molecule has 19 heavy (non-hydrogen) atoms. The topological polar surface area (TPSA) is 38.7 Å². The lowest BCUT2D eigenvalue weighted by atomic mass is 9.80. The predicted molar refractivity (Wildman–Crippen MR) is 78.4 cm³/mol. The number of benzene rings is 1. The number of rotatable bonds is 4. The third-order valence-electron chi connectivity index (χ3n) is 3.45. The molecule has 0 atom stereocenters. The van der Waals surface area contributed by atoms with E-state index in [1.807, 2.05) is 26.0 Å². The average Bonchev–Trinajstić information content (AvgIpc) is 2.35. The maximum Gasteiger partial charge on any atom is 0.123 e. The molecule has 1 rings (SSSR count). The van der Waals surface area contributed by atoms with Crippen LogP contribution >= 0.6 is 0 Å². The zero-order valence-corrected chi connectivity index (χ0v) is 13.1. The quantitative estimate of drug-likeness (QED) is 0.909. The van der Waals surface area contributed by atoms with Crippen molar-refractivity contribution in [3.63, 3.8) is 0 Å². The fourth-order valence-electron chi connectivity index (χ4n) is 2.10. The summed E-state index contributed by atoms with van der Waals surface area (Å²) >= 11 is 0. The Hall–Kier alpha value is -1.22. The first-order valence-corrected chi connectivity index (χ1v) is 6.55. The first kappa shape index (κ1) is 15.8. The monoisotopic (exact) mass is 266 g/mol. The molecule has 0 aliphatic rings. The van der Waals surface area contributed by atoms with Crippen LogP contribution < -0.4 is 9.47 Å². The van der Waals surface area contributed by atoms with Gasteiger partial charge in [-0.3, -0.25) is 0 Å². The van der Waals surface area contributed by atoms with Crippen molar-refractivity contribution in [1.82, 2.24) is 0 Å². The maximum atomic E-state index is 9.56. The van der Waals surface area contributed by atoms with Gasteiger partial charge in [0.2, 0.25) is 0 Å². The van der Waals surface area contributed by atoms with Crippen LogP contribution in [0, 0.1) is 0 Å². The second-order valence-electron chi connectivity index (χ2n) is 6.54. The van der Waals surface area contributed by atoms with E-state index in [2.05, 4.69) is 20.8 Å². The lowest BCUT2D eigenvalue weighted by molar-refractivity contribution is 0.214. The average molecular weight is 266 g/mol. The van der Waals surface area contributed by atoms with E-state index >= 15 is 0 Å². The Morgan fingerprint density at radius 2 is 1.32 bits per heavy atom. The molecule has 0 spiro atoms. The minimum absolute atomic E-state index is 0.0273. The molecule has 3 nitrogen and oxygen atoms in total. The van der Waals surface area contributed by atoms with Crippen molar-refractivity contribution >= 4 is 0 Å². The van der Waals surface area contributed by atoms with E-state index in [4.69, 9.17) is 9.47 Å². The van der Waals surface area contributed by atoms with Gasteiger partial charge >= 0.3 is 0 Å². The highest BCUT2D eigenvalue weighted by molar-refractivity contribution is 5.51. The molecule has 0 bridgehead atoms. The molecule has 0 unspecified atom stereocenters. The first-order chi connectivity index (χ1) is 8.67. The summed E-state index contributed by atoms with van der Waals surface area (Å²) < 4.78 is 11.0. The highest BCUT2D eigenvalue weighted by Gasteiger charge is 2.28. The second-order valence-corrected chi connectivity index (χ2v) is 6.54. The third kappa shape index (κ3) is 3.21. The Morgan fingerprint density at radius 3 is 1.68 bits per heavy atom. The van der Waals surface area contributed by atoms with Crippen LogP contribution in [0.1, 0.15) is 45.7 Å². The van der Waals surface area contributed by atoms with E-state index < -0.39 is 0 Å². The van der Waals surface area contributed by atoms with Gasteiger partial charge in [0.15, 0.2) is 0 Å². The van der Waals surface area contributed by atoms with Gasteiger partial charge in [-0.2, -0.15) is 0 Å². The van der Waals surface area contributed by atoms with Gasteiger partial charge in [-0.1, -0.05) is 34.6 Å². The fourth-order valence-corrected chi connectivity index (χ4v) is 2.10. The summed E-state index contributed by atoms with van der Waals surface area (Å²) in [6.45, 7) is 10.5. The normalized spacial score (nSPS) is 12.4. The van der Waals surface area contributed by atoms with Gasteiger partial charge in [0.1, 0.15) is 11.5 Å². The van der Waals surface area contributed by atoms with Crippen LogP contribution in [0.25, 0.3) is 0 Å². The first-order valence-electron chi connectivity index (χ1n) is 6.55. The van der Waals surface area contributed by atoms with E-state index in [1.165, 1.54) is 0 Å². The van der Waals surface area contributed by atoms with Gasteiger partial charge in [0, 0.05) is 16.5 Å². The van der Waals surface area contributed by atoms with E-state index in [0.29, 0.717) is 0 Å². The summed E-state index contributed by atoms with van der Waals surface area (Å²) in [5.74, 6) is 1.63. The summed E-state index contributed by atoms with van der Waals surface area (Å²) in [5.41, 5.74) is 1.67. The summed E-state index contributed by atoms with van der Waals surface area (Å²) in [6.07, 6.45) is 0. The SMILES string of the molecule is COc1cc(C(C)(C)CO)c(OC)cc1C(C)(C)C. The number of hydrogen-bond acceptors (Lipinski definition) is 3. The molecular weight excluding hydrogens is 240 g/mol. The fraction of sp³-hybridized carbons (Fsp3) is 0.625. The lowest BCUT2D eigenvalue weighted by Gasteiger charge is -2.29. The van der Waals surface area contributed by atoms with Gasteiger partial charge in [-0.25, -0.2) is 0 Å². The molecule has 0 fully saturated rings. The van der Waals surface area contributed by atoms with Crippen molar-refractivity contribution in [3.8, 4) is 11.5 Å². The van der Waals surface area contributed by atoms with Crippen molar-refractivity contribution in [3.05, 3.63) is 23.3 Å². The minimum Gasteiger partial charge on any atom is -0.496 e. The van der Waals surface area contributed by atoms with Crippen LogP contribution in [-0.4, -0.2) is 25.9 Å². The maximum absolute atomic E-state index is 9.56. The zero-order valence-electron chi connectivity index (χ0n) is 13.1. The van der Waals surface area contributed by atoms with Crippen LogP contribution in [0.3, 0.4) is 0 Å². The van der Waals surface area contributed by atoms with E-state index in [1.54, 1.807) is 14.2 Å². The number of aliphatic hydroxyl groups is 1. The van der Waals surface area contributed by atoms with Crippen LogP contribution in [0.4, 0.5) is 0 Å². The Bertz CT molecular complexity index is 442. The Morgan fingerprint density at radius 1 is 0.895 bits per heavy atom. The van der Waals surface area contributed by atoms with Crippen LogP contribution in [0.15, 0.2) is 12.1 Å². The largest absolute Gasteiger partial charge is 0.496 e. The molecule has 0 aromatic heterocycles. The van der Waals surface area contributed by atoms with Crippen molar-refractivity contribution < 1.29 is 14.6 Å². The molecule has 108 valence electrons. The van der Waals surface area contributed by atoms with E-state index in [9.17, 15) is 5.11 Å². The molecule has 1 N–H and O–H groups in total. The molecule has 1 aromatic carbocycles. The second kappa shape index (κ2) is 5.41. The van der Waals surface area contributed by atoms with Crippen LogP contribution in [0.2, 0.25) is 0 Å². The summed E-state index contributed by atoms with van der Waals surface area (Å²) in [4.78, 5) is 0. The molecule has 0 saturated heterocycles. The molecule has 0 radical (unpaired) electrons. The van der Waals surface area contributed by atoms with Gasteiger partial charge in [0.25, 0.3) is 0 Å². The van der Waals surface area contributed by atoms with Gasteiger partial charge in [-0.15, -0.1) is 0 Å². The highest BCUT2D eigenvalue weighted by Crippen LogP contribution is 2.40. The molecule has 0 aliphatic carbocycles. The standard InChI is InChI=1S/C16H26O3/c1-15(2,3)11-8-14(19-7)12(9-13(11)18-6)16(4,5)10-17/h8-9,17H,10H2,1-7H3. The van der Waals surface area contributed by atoms with Crippen molar-refractivity contribution in [2.45, 2.75) is 45.4 Å². The Labute approximate surface area is 116 Å². The third-order valence-corrected chi connectivity index (χ3v) is 3.45. The molecule has 1 aromatic rings. The smallest absolute Gasteiger partial charge is 0.123 e. The lowest BCUT2D eigenvalue weighted by Crippen LogP contribution is -2.24. The van der Waals surface area contributed by atoms with E-state index in [0.717, 1.165) is 22.6 Å². The van der Waals surface area contributed by atoms with Crippen LogP contribution in [0.5, 0.6) is 11.5 Å². The number of hydrogen-bond donors (Lipinski definition) is 1. The zero-order chi connectivity index (χ0) is 14.8. The summed E-state index contributed by atoms with van der Waals surface area (Å²) in [5, 5.41) is 9.56. The predicted octanol–water partition coefficient (Wildman–Crippen LogP) is 3.27. The van der Waals surface area contributed by atoms with Crippen molar-refractivity contribution in [2.24, 2.45) is 0 Å². The number of methoxy groups -OCH3 is 2.